The van der Waals surface area contributed by atoms with Crippen molar-refractivity contribution in [2.75, 3.05) is 13.1 Å². The molecule has 0 radical (unpaired) electrons. The lowest BCUT2D eigenvalue weighted by Crippen LogP contribution is -2.41. The number of rotatable bonds is 4. The number of piperidine rings is 1. The third kappa shape index (κ3) is 3.34. The van der Waals surface area contributed by atoms with Crippen molar-refractivity contribution >= 4 is 11.9 Å². The molecular formula is C13H20N4O3. The van der Waals surface area contributed by atoms with Gasteiger partial charge >= 0.3 is 5.97 Å². The van der Waals surface area contributed by atoms with E-state index in [0.29, 0.717) is 18.9 Å². The van der Waals surface area contributed by atoms with Crippen molar-refractivity contribution in [3.63, 3.8) is 0 Å². The summed E-state index contributed by atoms with van der Waals surface area (Å²) in [5.74, 6) is 0.0310. The van der Waals surface area contributed by atoms with Crippen molar-refractivity contribution in [3.8, 4) is 0 Å². The first kappa shape index (κ1) is 14.5. The van der Waals surface area contributed by atoms with E-state index >= 15 is 0 Å². The highest BCUT2D eigenvalue weighted by atomic mass is 16.4. The van der Waals surface area contributed by atoms with Crippen LogP contribution in [0.25, 0.3) is 0 Å². The number of aromatic amines is 1. The lowest BCUT2D eigenvalue weighted by molar-refractivity contribution is -0.138. The number of carboxylic acids is 1. The van der Waals surface area contributed by atoms with Gasteiger partial charge in [-0.2, -0.15) is 0 Å². The van der Waals surface area contributed by atoms with Gasteiger partial charge in [0.1, 0.15) is 5.82 Å². The first-order valence-corrected chi connectivity index (χ1v) is 6.90. The van der Waals surface area contributed by atoms with E-state index in [4.69, 9.17) is 5.11 Å². The number of carbonyl (C=O) groups is 2. The van der Waals surface area contributed by atoms with E-state index in [9.17, 15) is 9.59 Å². The van der Waals surface area contributed by atoms with Gasteiger partial charge in [0.05, 0.1) is 0 Å². The van der Waals surface area contributed by atoms with Gasteiger partial charge in [-0.3, -0.25) is 14.7 Å². The van der Waals surface area contributed by atoms with Gasteiger partial charge in [-0.25, -0.2) is 4.98 Å². The Kier molecular flexibility index (Phi) is 4.36. The molecule has 1 saturated heterocycles. The van der Waals surface area contributed by atoms with Gasteiger partial charge in [-0.05, 0) is 18.8 Å². The van der Waals surface area contributed by atoms with Crippen molar-refractivity contribution in [1.29, 1.82) is 0 Å². The van der Waals surface area contributed by atoms with Crippen LogP contribution in [0.1, 0.15) is 55.5 Å². The molecule has 2 rings (SSSR count). The molecule has 0 saturated carbocycles. The quantitative estimate of drug-likeness (QED) is 0.864. The number of hydrogen-bond donors (Lipinski definition) is 2. The van der Waals surface area contributed by atoms with Crippen LogP contribution in [-0.4, -0.2) is 50.2 Å². The topological polar surface area (TPSA) is 99.2 Å². The standard InChI is InChI=1S/C13H20N4O3/c1-8(2)11-14-12(16-15-11)13(20)17-5-3-4-9(7-17)6-10(18)19/h8-9H,3-7H2,1-2H3,(H,18,19)(H,14,15,16). The summed E-state index contributed by atoms with van der Waals surface area (Å²) in [5.41, 5.74) is 0. The number of carbonyl (C=O) groups excluding carboxylic acids is 1. The van der Waals surface area contributed by atoms with E-state index in [1.165, 1.54) is 0 Å². The fourth-order valence-corrected chi connectivity index (χ4v) is 2.43. The SMILES string of the molecule is CC(C)c1nc(C(=O)N2CCCC(CC(=O)O)C2)n[nH]1. The highest BCUT2D eigenvalue weighted by Crippen LogP contribution is 2.21. The number of nitrogens with zero attached hydrogens (tertiary/aromatic N) is 3. The molecule has 7 heteroatoms. The van der Waals surface area contributed by atoms with Crippen LogP contribution in [0.4, 0.5) is 0 Å². The molecule has 1 aromatic rings. The Labute approximate surface area is 117 Å². The highest BCUT2D eigenvalue weighted by Gasteiger charge is 2.28. The van der Waals surface area contributed by atoms with Crippen molar-refractivity contribution in [2.24, 2.45) is 5.92 Å². The maximum absolute atomic E-state index is 12.3. The van der Waals surface area contributed by atoms with Gasteiger partial charge in [0.25, 0.3) is 5.91 Å². The predicted molar refractivity (Wildman–Crippen MR) is 71.4 cm³/mol. The maximum Gasteiger partial charge on any atom is 0.303 e. The molecule has 2 N–H and O–H groups in total. The molecule has 1 fully saturated rings. The Morgan fingerprint density at radius 2 is 2.25 bits per heavy atom. The number of carboxylic acid groups (broad SMARTS) is 1. The zero-order valence-electron chi connectivity index (χ0n) is 11.8. The van der Waals surface area contributed by atoms with E-state index in [2.05, 4.69) is 15.2 Å². The normalized spacial score (nSPS) is 19.4. The molecule has 110 valence electrons. The number of amides is 1. The van der Waals surface area contributed by atoms with E-state index in [1.54, 1.807) is 4.90 Å². The minimum atomic E-state index is -0.815. The van der Waals surface area contributed by atoms with E-state index in [-0.39, 0.29) is 30.0 Å². The second-order valence-electron chi connectivity index (χ2n) is 5.56. The highest BCUT2D eigenvalue weighted by molar-refractivity contribution is 5.90. The van der Waals surface area contributed by atoms with Crippen molar-refractivity contribution in [2.45, 2.75) is 39.0 Å². The van der Waals surface area contributed by atoms with Crippen LogP contribution in [0.5, 0.6) is 0 Å². The molecule has 1 aliphatic heterocycles. The molecule has 0 bridgehead atoms. The molecule has 1 aromatic heterocycles. The van der Waals surface area contributed by atoms with Gasteiger partial charge in [0.15, 0.2) is 0 Å². The minimum absolute atomic E-state index is 0.0220. The molecule has 1 unspecified atom stereocenters. The summed E-state index contributed by atoms with van der Waals surface area (Å²) in [4.78, 5) is 28.9. The lowest BCUT2D eigenvalue weighted by atomic mass is 9.95. The minimum Gasteiger partial charge on any atom is -0.481 e. The summed E-state index contributed by atoms with van der Waals surface area (Å²) in [6.45, 7) is 5.05. The number of aliphatic carboxylic acids is 1. The first-order valence-electron chi connectivity index (χ1n) is 6.90. The Morgan fingerprint density at radius 3 is 2.85 bits per heavy atom. The van der Waals surface area contributed by atoms with Gasteiger partial charge < -0.3 is 10.0 Å². The Hall–Kier alpha value is -1.92. The van der Waals surface area contributed by atoms with Crippen LogP contribution < -0.4 is 0 Å². The van der Waals surface area contributed by atoms with Crippen LogP contribution in [0.2, 0.25) is 0 Å². The van der Waals surface area contributed by atoms with E-state index in [0.717, 1.165) is 12.8 Å². The van der Waals surface area contributed by atoms with E-state index < -0.39 is 5.97 Å². The molecule has 7 nitrogen and oxygen atoms in total. The van der Waals surface area contributed by atoms with Crippen LogP contribution in [0.3, 0.4) is 0 Å². The smallest absolute Gasteiger partial charge is 0.303 e. The van der Waals surface area contributed by atoms with Gasteiger partial charge in [0.2, 0.25) is 5.82 Å². The molecule has 1 amide bonds. The van der Waals surface area contributed by atoms with Gasteiger partial charge in [0, 0.05) is 25.4 Å². The third-order valence-electron chi connectivity index (χ3n) is 3.51. The molecule has 20 heavy (non-hydrogen) atoms. The summed E-state index contributed by atoms with van der Waals surface area (Å²) in [7, 11) is 0. The monoisotopic (exact) mass is 280 g/mol. The molecule has 1 aliphatic rings. The molecule has 2 heterocycles. The maximum atomic E-state index is 12.3. The second kappa shape index (κ2) is 6.02. The zero-order chi connectivity index (χ0) is 14.7. The number of nitrogens with one attached hydrogen (secondary N) is 1. The average molecular weight is 280 g/mol. The first-order chi connectivity index (χ1) is 9.47. The molecular weight excluding hydrogens is 260 g/mol. The predicted octanol–water partition coefficient (Wildman–Crippen LogP) is 1.25. The summed E-state index contributed by atoms with van der Waals surface area (Å²) < 4.78 is 0. The average Bonchev–Trinajstić information content (AvgIpc) is 2.87. The Balaban J connectivity index is 2.02. The fraction of sp³-hybridized carbons (Fsp3) is 0.692. The molecule has 1 atom stereocenters. The van der Waals surface area contributed by atoms with Gasteiger partial charge in [-0.1, -0.05) is 13.8 Å². The molecule has 0 aliphatic carbocycles. The van der Waals surface area contributed by atoms with Crippen LogP contribution in [0, 0.1) is 5.92 Å². The van der Waals surface area contributed by atoms with Crippen LogP contribution in [0.15, 0.2) is 0 Å². The second-order valence-corrected chi connectivity index (χ2v) is 5.56. The number of aromatic nitrogens is 3. The van der Waals surface area contributed by atoms with Crippen LogP contribution >= 0.6 is 0 Å². The Bertz CT molecular complexity index is 498. The Morgan fingerprint density at radius 1 is 1.50 bits per heavy atom. The third-order valence-corrected chi connectivity index (χ3v) is 3.51. The van der Waals surface area contributed by atoms with Gasteiger partial charge in [-0.15, -0.1) is 5.10 Å². The lowest BCUT2D eigenvalue weighted by Gasteiger charge is -2.31. The summed E-state index contributed by atoms with van der Waals surface area (Å²) in [6.07, 6.45) is 1.78. The molecule has 0 aromatic carbocycles. The summed E-state index contributed by atoms with van der Waals surface area (Å²) >= 11 is 0. The van der Waals surface area contributed by atoms with Crippen molar-refractivity contribution in [3.05, 3.63) is 11.6 Å². The largest absolute Gasteiger partial charge is 0.481 e. The van der Waals surface area contributed by atoms with Crippen LogP contribution in [-0.2, 0) is 4.79 Å². The summed E-state index contributed by atoms with van der Waals surface area (Å²) in [6, 6.07) is 0. The zero-order valence-corrected chi connectivity index (χ0v) is 11.8. The number of likely N-dealkylation sites (tertiary alicyclic amines) is 1. The number of hydrogen-bond acceptors (Lipinski definition) is 4. The van der Waals surface area contributed by atoms with E-state index in [1.807, 2.05) is 13.8 Å². The summed E-state index contributed by atoms with van der Waals surface area (Å²) in [5, 5.41) is 15.6. The van der Waals surface area contributed by atoms with Crippen molar-refractivity contribution < 1.29 is 14.7 Å². The molecule has 0 spiro atoms. The van der Waals surface area contributed by atoms with Crippen molar-refractivity contribution in [1.82, 2.24) is 20.1 Å². The number of H-pyrrole nitrogens is 1. The fourth-order valence-electron chi connectivity index (χ4n) is 2.43.